The number of rotatable bonds is 6. The Labute approximate surface area is 121 Å². The van der Waals surface area contributed by atoms with Gasteiger partial charge in [0.2, 0.25) is 0 Å². The minimum absolute atomic E-state index is 0.213. The first-order chi connectivity index (χ1) is 9.04. The SMILES string of the molecule is CC(C)CC(O)CNC1CC(c2ccc(Cl)cc2)C1. The van der Waals surface area contributed by atoms with E-state index in [-0.39, 0.29) is 6.10 Å². The maximum atomic E-state index is 9.82. The third-order valence-electron chi connectivity index (χ3n) is 3.87. The summed E-state index contributed by atoms with van der Waals surface area (Å²) in [5.41, 5.74) is 1.38. The van der Waals surface area contributed by atoms with E-state index in [0.717, 1.165) is 30.8 Å². The molecule has 106 valence electrons. The van der Waals surface area contributed by atoms with Gasteiger partial charge >= 0.3 is 0 Å². The summed E-state index contributed by atoms with van der Waals surface area (Å²) in [5.74, 6) is 1.21. The zero-order chi connectivity index (χ0) is 13.8. The second-order valence-electron chi connectivity index (χ2n) is 6.11. The third-order valence-corrected chi connectivity index (χ3v) is 4.12. The summed E-state index contributed by atoms with van der Waals surface area (Å²) in [4.78, 5) is 0. The molecular weight excluding hydrogens is 258 g/mol. The van der Waals surface area contributed by atoms with Crippen molar-refractivity contribution in [2.45, 2.75) is 51.2 Å². The minimum Gasteiger partial charge on any atom is -0.392 e. The van der Waals surface area contributed by atoms with E-state index in [2.05, 4.69) is 31.3 Å². The van der Waals surface area contributed by atoms with Gasteiger partial charge in [-0.15, -0.1) is 0 Å². The van der Waals surface area contributed by atoms with Crippen LogP contribution in [0.25, 0.3) is 0 Å². The van der Waals surface area contributed by atoms with Crippen molar-refractivity contribution in [2.24, 2.45) is 5.92 Å². The smallest absolute Gasteiger partial charge is 0.0667 e. The Morgan fingerprint density at radius 3 is 2.47 bits per heavy atom. The van der Waals surface area contributed by atoms with Gasteiger partial charge in [0.05, 0.1) is 6.10 Å². The summed E-state index contributed by atoms with van der Waals surface area (Å²) in [6, 6.07) is 8.73. The van der Waals surface area contributed by atoms with Crippen molar-refractivity contribution in [2.75, 3.05) is 6.54 Å². The van der Waals surface area contributed by atoms with Gasteiger partial charge in [-0.05, 0) is 48.8 Å². The van der Waals surface area contributed by atoms with Crippen LogP contribution in [0.4, 0.5) is 0 Å². The number of halogens is 1. The van der Waals surface area contributed by atoms with E-state index in [1.165, 1.54) is 5.56 Å². The van der Waals surface area contributed by atoms with E-state index >= 15 is 0 Å². The van der Waals surface area contributed by atoms with Crippen molar-refractivity contribution in [1.29, 1.82) is 0 Å². The number of hydrogen-bond acceptors (Lipinski definition) is 2. The van der Waals surface area contributed by atoms with Gasteiger partial charge in [-0.3, -0.25) is 0 Å². The maximum Gasteiger partial charge on any atom is 0.0667 e. The molecule has 19 heavy (non-hydrogen) atoms. The lowest BCUT2D eigenvalue weighted by Crippen LogP contribution is -2.43. The van der Waals surface area contributed by atoms with Crippen LogP contribution in [-0.2, 0) is 0 Å². The Kier molecular flexibility index (Phi) is 5.26. The Balaban J connectivity index is 1.67. The van der Waals surface area contributed by atoms with Gasteiger partial charge in [0.25, 0.3) is 0 Å². The van der Waals surface area contributed by atoms with E-state index in [0.29, 0.717) is 17.9 Å². The number of hydrogen-bond donors (Lipinski definition) is 2. The lowest BCUT2D eigenvalue weighted by molar-refractivity contribution is 0.133. The van der Waals surface area contributed by atoms with Crippen LogP contribution >= 0.6 is 11.6 Å². The zero-order valence-corrected chi connectivity index (χ0v) is 12.5. The first kappa shape index (κ1) is 14.8. The van der Waals surface area contributed by atoms with E-state index in [1.807, 2.05) is 12.1 Å². The van der Waals surface area contributed by atoms with E-state index in [4.69, 9.17) is 11.6 Å². The van der Waals surface area contributed by atoms with Crippen LogP contribution in [0.1, 0.15) is 44.6 Å². The minimum atomic E-state index is -0.213. The standard InChI is InChI=1S/C16H24ClNO/c1-11(2)7-16(19)10-18-15-8-13(9-15)12-3-5-14(17)6-4-12/h3-6,11,13,15-16,18-19H,7-10H2,1-2H3. The molecule has 0 saturated heterocycles. The maximum absolute atomic E-state index is 9.82. The molecule has 0 radical (unpaired) electrons. The van der Waals surface area contributed by atoms with E-state index in [9.17, 15) is 5.11 Å². The van der Waals surface area contributed by atoms with Crippen LogP contribution in [0.15, 0.2) is 24.3 Å². The van der Waals surface area contributed by atoms with Gasteiger partial charge in [-0.2, -0.15) is 0 Å². The number of aliphatic hydroxyl groups is 1. The van der Waals surface area contributed by atoms with Gasteiger partial charge in [0, 0.05) is 17.6 Å². The molecule has 1 unspecified atom stereocenters. The van der Waals surface area contributed by atoms with Gasteiger partial charge in [-0.1, -0.05) is 37.6 Å². The molecule has 0 amide bonds. The molecule has 0 aromatic heterocycles. The molecule has 2 nitrogen and oxygen atoms in total. The molecule has 0 aliphatic heterocycles. The number of benzene rings is 1. The van der Waals surface area contributed by atoms with Crippen molar-refractivity contribution in [3.8, 4) is 0 Å². The van der Waals surface area contributed by atoms with E-state index in [1.54, 1.807) is 0 Å². The number of aliphatic hydroxyl groups excluding tert-OH is 1. The van der Waals surface area contributed by atoms with Crippen LogP contribution in [0.3, 0.4) is 0 Å². The Morgan fingerprint density at radius 2 is 1.89 bits per heavy atom. The highest BCUT2D eigenvalue weighted by Gasteiger charge is 2.30. The van der Waals surface area contributed by atoms with Crippen molar-refractivity contribution in [3.05, 3.63) is 34.9 Å². The summed E-state index contributed by atoms with van der Waals surface area (Å²) in [6.07, 6.45) is 2.99. The largest absolute Gasteiger partial charge is 0.392 e. The van der Waals surface area contributed by atoms with Crippen molar-refractivity contribution < 1.29 is 5.11 Å². The molecule has 0 heterocycles. The molecule has 1 fully saturated rings. The predicted octanol–water partition coefficient (Wildman–Crippen LogP) is 3.58. The molecule has 1 aromatic rings. The molecule has 0 bridgehead atoms. The second-order valence-corrected chi connectivity index (χ2v) is 6.54. The van der Waals surface area contributed by atoms with Crippen LogP contribution in [0.5, 0.6) is 0 Å². The van der Waals surface area contributed by atoms with Crippen LogP contribution < -0.4 is 5.32 Å². The molecule has 0 spiro atoms. The highest BCUT2D eigenvalue weighted by molar-refractivity contribution is 6.30. The fourth-order valence-electron chi connectivity index (χ4n) is 2.72. The molecular formula is C16H24ClNO. The van der Waals surface area contributed by atoms with Crippen molar-refractivity contribution >= 4 is 11.6 Å². The normalized spacial score (nSPS) is 24.3. The zero-order valence-electron chi connectivity index (χ0n) is 11.8. The van der Waals surface area contributed by atoms with Crippen molar-refractivity contribution in [1.82, 2.24) is 5.32 Å². The Hall–Kier alpha value is -0.570. The lowest BCUT2D eigenvalue weighted by atomic mass is 9.76. The number of nitrogens with one attached hydrogen (secondary N) is 1. The molecule has 1 saturated carbocycles. The van der Waals surface area contributed by atoms with Crippen LogP contribution in [-0.4, -0.2) is 23.8 Å². The Morgan fingerprint density at radius 1 is 1.26 bits per heavy atom. The summed E-state index contributed by atoms with van der Waals surface area (Å²) >= 11 is 5.89. The monoisotopic (exact) mass is 281 g/mol. The van der Waals surface area contributed by atoms with Gasteiger partial charge in [-0.25, -0.2) is 0 Å². The third kappa shape index (κ3) is 4.48. The van der Waals surface area contributed by atoms with Crippen LogP contribution in [0, 0.1) is 5.92 Å². The highest BCUT2D eigenvalue weighted by atomic mass is 35.5. The lowest BCUT2D eigenvalue weighted by Gasteiger charge is -2.37. The van der Waals surface area contributed by atoms with Gasteiger partial charge < -0.3 is 10.4 Å². The Bertz CT molecular complexity index is 384. The van der Waals surface area contributed by atoms with Crippen molar-refractivity contribution in [3.63, 3.8) is 0 Å². The molecule has 2 N–H and O–H groups in total. The molecule has 1 aromatic carbocycles. The van der Waals surface area contributed by atoms with Gasteiger partial charge in [0.15, 0.2) is 0 Å². The summed E-state index contributed by atoms with van der Waals surface area (Å²) in [6.45, 7) is 5.00. The topological polar surface area (TPSA) is 32.3 Å². The molecule has 3 heteroatoms. The summed E-state index contributed by atoms with van der Waals surface area (Å²) in [5, 5.41) is 14.1. The molecule has 2 rings (SSSR count). The molecule has 1 atom stereocenters. The first-order valence-corrected chi connectivity index (χ1v) is 7.59. The van der Waals surface area contributed by atoms with Gasteiger partial charge in [0.1, 0.15) is 0 Å². The average Bonchev–Trinajstić information content (AvgIpc) is 2.28. The molecule has 1 aliphatic carbocycles. The average molecular weight is 282 g/mol. The fraction of sp³-hybridized carbons (Fsp3) is 0.625. The fourth-order valence-corrected chi connectivity index (χ4v) is 2.85. The predicted molar refractivity (Wildman–Crippen MR) is 80.7 cm³/mol. The highest BCUT2D eigenvalue weighted by Crippen LogP contribution is 2.37. The quantitative estimate of drug-likeness (QED) is 0.835. The molecule has 1 aliphatic rings. The first-order valence-electron chi connectivity index (χ1n) is 7.21. The van der Waals surface area contributed by atoms with E-state index < -0.39 is 0 Å². The van der Waals surface area contributed by atoms with Crippen LogP contribution in [0.2, 0.25) is 5.02 Å². The summed E-state index contributed by atoms with van der Waals surface area (Å²) in [7, 11) is 0. The second kappa shape index (κ2) is 6.74. The summed E-state index contributed by atoms with van der Waals surface area (Å²) < 4.78 is 0.